The Morgan fingerprint density at radius 2 is 1.96 bits per heavy atom. The molecule has 2 heterocycles. The molecule has 0 unspecified atom stereocenters. The highest BCUT2D eigenvalue weighted by molar-refractivity contribution is 5.99. The van der Waals surface area contributed by atoms with E-state index >= 15 is 0 Å². The molecular formula is C21H23N3O4. The summed E-state index contributed by atoms with van der Waals surface area (Å²) < 4.78 is 11.3. The van der Waals surface area contributed by atoms with Crippen LogP contribution in [0.25, 0.3) is 0 Å². The Hall–Kier alpha value is -3.22. The van der Waals surface area contributed by atoms with Crippen LogP contribution >= 0.6 is 0 Å². The first kappa shape index (κ1) is 18.2. The van der Waals surface area contributed by atoms with Crippen LogP contribution in [0.2, 0.25) is 0 Å². The van der Waals surface area contributed by atoms with E-state index in [4.69, 9.17) is 9.47 Å². The lowest BCUT2D eigenvalue weighted by atomic mass is 10.0. The summed E-state index contributed by atoms with van der Waals surface area (Å²) >= 11 is 0. The number of hydrogen-bond acceptors (Lipinski definition) is 4. The number of carbonyl (C=O) groups excluding carboxylic acids is 2. The van der Waals surface area contributed by atoms with E-state index in [0.29, 0.717) is 23.7 Å². The van der Waals surface area contributed by atoms with Crippen molar-refractivity contribution in [1.82, 2.24) is 5.32 Å². The van der Waals surface area contributed by atoms with Gasteiger partial charge in [-0.05, 0) is 49.2 Å². The molecule has 7 heteroatoms. The van der Waals surface area contributed by atoms with E-state index in [2.05, 4.69) is 30.5 Å². The molecule has 2 aromatic rings. The van der Waals surface area contributed by atoms with Gasteiger partial charge in [0.25, 0.3) is 5.91 Å². The molecule has 2 aromatic carbocycles. The first-order valence-electron chi connectivity index (χ1n) is 9.20. The Kier molecular flexibility index (Phi) is 4.37. The van der Waals surface area contributed by atoms with E-state index in [1.165, 1.54) is 4.90 Å². The maximum Gasteiger partial charge on any atom is 0.319 e. The maximum atomic E-state index is 12.3. The third kappa shape index (κ3) is 3.60. The maximum absolute atomic E-state index is 12.3. The topological polar surface area (TPSA) is 79.9 Å². The number of benzene rings is 2. The highest BCUT2D eigenvalue weighted by Crippen LogP contribution is 2.35. The van der Waals surface area contributed by atoms with Gasteiger partial charge < -0.3 is 25.0 Å². The molecule has 0 fully saturated rings. The van der Waals surface area contributed by atoms with Crippen LogP contribution in [0.4, 0.5) is 16.2 Å². The molecule has 4 rings (SSSR count). The van der Waals surface area contributed by atoms with Gasteiger partial charge in [0.05, 0.1) is 5.69 Å². The molecule has 0 saturated carbocycles. The van der Waals surface area contributed by atoms with Crippen LogP contribution in [0.5, 0.6) is 11.5 Å². The summed E-state index contributed by atoms with van der Waals surface area (Å²) in [5.74, 6) is 1.40. The van der Waals surface area contributed by atoms with Gasteiger partial charge in [-0.1, -0.05) is 12.1 Å². The predicted molar refractivity (Wildman–Crippen MR) is 106 cm³/mol. The smallest absolute Gasteiger partial charge is 0.319 e. The summed E-state index contributed by atoms with van der Waals surface area (Å²) in [6, 6.07) is 10.9. The quantitative estimate of drug-likeness (QED) is 0.856. The van der Waals surface area contributed by atoms with Crippen LogP contribution in [-0.2, 0) is 17.8 Å². The summed E-state index contributed by atoms with van der Waals surface area (Å²) in [6.07, 6.45) is 0.853. The third-order valence-corrected chi connectivity index (χ3v) is 4.88. The van der Waals surface area contributed by atoms with E-state index in [1.807, 2.05) is 12.1 Å². The Morgan fingerprint density at radius 1 is 1.18 bits per heavy atom. The van der Waals surface area contributed by atoms with Crippen LogP contribution in [0.3, 0.4) is 0 Å². The van der Waals surface area contributed by atoms with Gasteiger partial charge in [-0.2, -0.15) is 0 Å². The number of hydrogen-bond donors (Lipinski definition) is 2. The van der Waals surface area contributed by atoms with Gasteiger partial charge in [0.2, 0.25) is 0 Å². The molecule has 0 bridgehead atoms. The fraction of sp³-hybridized carbons (Fsp3) is 0.333. The standard InChI is InChI=1S/C21H23N3O4/c1-21(2)10-14-8-13(4-6-17(14)28-21)11-22-20(26)23-15-5-7-18-16(9-15)24(3)19(25)12-27-18/h4-9H,10-12H2,1-3H3,(H2,22,23,26). The number of carbonyl (C=O) groups is 2. The van der Waals surface area contributed by atoms with Crippen molar-refractivity contribution in [2.75, 3.05) is 23.9 Å². The molecule has 7 nitrogen and oxygen atoms in total. The molecule has 2 aliphatic heterocycles. The number of amides is 3. The Bertz CT molecular complexity index is 955. The summed E-state index contributed by atoms with van der Waals surface area (Å²) in [7, 11) is 1.69. The number of nitrogens with zero attached hydrogens (tertiary/aromatic N) is 1. The summed E-state index contributed by atoms with van der Waals surface area (Å²) in [5.41, 5.74) is 3.21. The van der Waals surface area contributed by atoms with Crippen molar-refractivity contribution < 1.29 is 19.1 Å². The second-order valence-electron chi connectivity index (χ2n) is 7.71. The highest BCUT2D eigenvalue weighted by atomic mass is 16.5. The molecule has 2 N–H and O–H groups in total. The first-order valence-corrected chi connectivity index (χ1v) is 9.20. The van der Waals surface area contributed by atoms with Crippen molar-refractivity contribution >= 4 is 23.3 Å². The molecule has 0 radical (unpaired) electrons. The molecular weight excluding hydrogens is 358 g/mol. The summed E-state index contributed by atoms with van der Waals surface area (Å²) in [5, 5.41) is 5.65. The minimum atomic E-state index is -0.317. The number of anilines is 2. The monoisotopic (exact) mass is 381 g/mol. The third-order valence-electron chi connectivity index (χ3n) is 4.88. The van der Waals surface area contributed by atoms with Crippen molar-refractivity contribution in [2.45, 2.75) is 32.4 Å². The average molecular weight is 381 g/mol. The molecule has 2 aliphatic rings. The Balaban J connectivity index is 1.38. The second-order valence-corrected chi connectivity index (χ2v) is 7.71. The summed E-state index contributed by atoms with van der Waals surface area (Å²) in [4.78, 5) is 25.6. The molecule has 0 spiro atoms. The molecule has 0 aromatic heterocycles. The van der Waals surface area contributed by atoms with Gasteiger partial charge in [-0.25, -0.2) is 4.79 Å². The average Bonchev–Trinajstić information content (AvgIpc) is 2.96. The Labute approximate surface area is 163 Å². The van der Waals surface area contributed by atoms with Crippen LogP contribution in [0, 0.1) is 0 Å². The zero-order chi connectivity index (χ0) is 19.9. The van der Waals surface area contributed by atoms with Gasteiger partial charge in [-0.15, -0.1) is 0 Å². The number of rotatable bonds is 3. The zero-order valence-corrected chi connectivity index (χ0v) is 16.2. The number of urea groups is 1. The van der Waals surface area contributed by atoms with Crippen molar-refractivity contribution in [1.29, 1.82) is 0 Å². The second kappa shape index (κ2) is 6.74. The van der Waals surface area contributed by atoms with Gasteiger partial charge in [0.1, 0.15) is 17.1 Å². The van der Waals surface area contributed by atoms with Crippen molar-refractivity contribution in [2.24, 2.45) is 0 Å². The van der Waals surface area contributed by atoms with E-state index in [9.17, 15) is 9.59 Å². The molecule has 0 aliphatic carbocycles. The molecule has 146 valence electrons. The minimum Gasteiger partial charge on any atom is -0.487 e. The number of ether oxygens (including phenoxy) is 2. The molecule has 28 heavy (non-hydrogen) atoms. The molecule has 0 atom stereocenters. The van der Waals surface area contributed by atoms with Crippen LogP contribution in [-0.4, -0.2) is 31.2 Å². The molecule has 3 amide bonds. The van der Waals surface area contributed by atoms with E-state index in [-0.39, 0.29) is 24.1 Å². The van der Waals surface area contributed by atoms with Crippen LogP contribution in [0.1, 0.15) is 25.0 Å². The van der Waals surface area contributed by atoms with E-state index < -0.39 is 0 Å². The largest absolute Gasteiger partial charge is 0.487 e. The van der Waals surface area contributed by atoms with Crippen molar-refractivity contribution in [3.05, 3.63) is 47.5 Å². The highest BCUT2D eigenvalue weighted by Gasteiger charge is 2.29. The SMILES string of the molecule is CN1C(=O)COc2ccc(NC(=O)NCc3ccc4c(c3)CC(C)(C)O4)cc21. The van der Waals surface area contributed by atoms with Gasteiger partial charge in [-0.3, -0.25) is 4.79 Å². The summed E-state index contributed by atoms with van der Waals surface area (Å²) in [6.45, 7) is 4.56. The van der Waals surface area contributed by atoms with Gasteiger partial charge in [0.15, 0.2) is 6.61 Å². The van der Waals surface area contributed by atoms with Gasteiger partial charge >= 0.3 is 6.03 Å². The Morgan fingerprint density at radius 3 is 2.79 bits per heavy atom. The lowest BCUT2D eigenvalue weighted by Crippen LogP contribution is -2.35. The van der Waals surface area contributed by atoms with Crippen molar-refractivity contribution in [3.8, 4) is 11.5 Å². The lowest BCUT2D eigenvalue weighted by molar-refractivity contribution is -0.120. The van der Waals surface area contributed by atoms with E-state index in [1.54, 1.807) is 25.2 Å². The zero-order valence-electron chi connectivity index (χ0n) is 16.2. The lowest BCUT2D eigenvalue weighted by Gasteiger charge is -2.26. The molecule has 0 saturated heterocycles. The van der Waals surface area contributed by atoms with Crippen LogP contribution < -0.4 is 25.0 Å². The normalized spacial score (nSPS) is 16.5. The fourth-order valence-corrected chi connectivity index (χ4v) is 3.48. The number of nitrogens with one attached hydrogen (secondary N) is 2. The first-order chi connectivity index (χ1) is 13.3. The van der Waals surface area contributed by atoms with Crippen molar-refractivity contribution in [3.63, 3.8) is 0 Å². The minimum absolute atomic E-state index is 0.0275. The number of likely N-dealkylation sites (N-methyl/N-ethyl adjacent to an activating group) is 1. The van der Waals surface area contributed by atoms with Crippen LogP contribution in [0.15, 0.2) is 36.4 Å². The predicted octanol–water partition coefficient (Wildman–Crippen LogP) is 3.08. The van der Waals surface area contributed by atoms with Gasteiger partial charge in [0, 0.05) is 25.7 Å². The number of fused-ring (bicyclic) bond motifs is 2. The fourth-order valence-electron chi connectivity index (χ4n) is 3.48. The van der Waals surface area contributed by atoms with E-state index in [0.717, 1.165) is 23.3 Å².